The molecule has 3 rings (SSSR count). The molecule has 0 saturated carbocycles. The van der Waals surface area contributed by atoms with Crippen molar-refractivity contribution in [3.63, 3.8) is 0 Å². The van der Waals surface area contributed by atoms with Gasteiger partial charge in [-0.2, -0.15) is 31.4 Å². The molecule has 0 aliphatic carbocycles. The van der Waals surface area contributed by atoms with Crippen LogP contribution in [0.4, 0.5) is 36.4 Å². The quantitative estimate of drug-likeness (QED) is 0.285. The fourth-order valence-electron chi connectivity index (χ4n) is 3.68. The maximum absolute atomic E-state index is 14.5. The molecule has 0 aliphatic rings. The van der Waals surface area contributed by atoms with Crippen LogP contribution in [0.1, 0.15) is 39.5 Å². The lowest BCUT2D eigenvalue weighted by Gasteiger charge is -2.31. The van der Waals surface area contributed by atoms with Gasteiger partial charge in [-0.1, -0.05) is 19.1 Å². The van der Waals surface area contributed by atoms with E-state index in [0.717, 1.165) is 0 Å². The van der Waals surface area contributed by atoms with Crippen LogP contribution in [-0.2, 0) is 18.5 Å². The monoisotopic (exact) mass is 488 g/mol. The minimum Gasteiger partial charge on any atom is -0.397 e. The van der Waals surface area contributed by atoms with E-state index in [1.54, 1.807) is 0 Å². The van der Waals surface area contributed by atoms with Crippen LogP contribution < -0.4 is 5.73 Å². The van der Waals surface area contributed by atoms with Crippen molar-refractivity contribution in [1.29, 1.82) is 0 Å². The van der Waals surface area contributed by atoms with Gasteiger partial charge >= 0.3 is 18.0 Å². The zero-order valence-corrected chi connectivity index (χ0v) is 17.9. The van der Waals surface area contributed by atoms with E-state index in [1.165, 1.54) is 49.4 Å². The first-order valence-corrected chi connectivity index (χ1v) is 9.93. The fraction of sp³-hybridized carbons (Fsp3) is 0.318. The number of hydrogen-bond acceptors (Lipinski definition) is 4. The number of carbonyl (C=O) groups excluding carboxylic acids is 1. The number of nitrogens with zero attached hydrogens (tertiary/aromatic N) is 3. The Bertz CT molecular complexity index is 1190. The number of carbonyl (C=O) groups is 1. The molecule has 12 heteroatoms. The Hall–Kier alpha value is -3.44. The van der Waals surface area contributed by atoms with Crippen LogP contribution in [0.5, 0.6) is 0 Å². The van der Waals surface area contributed by atoms with E-state index in [9.17, 15) is 35.5 Å². The van der Waals surface area contributed by atoms with Gasteiger partial charge in [0.1, 0.15) is 12.7 Å². The number of halogens is 7. The molecule has 0 aliphatic heterocycles. The zero-order valence-electron chi connectivity index (χ0n) is 17.9. The molecule has 0 amide bonds. The summed E-state index contributed by atoms with van der Waals surface area (Å²) in [5.41, 5.74) is -0.116. The van der Waals surface area contributed by atoms with E-state index < -0.39 is 29.4 Å². The molecule has 0 fully saturated rings. The van der Waals surface area contributed by atoms with Crippen LogP contribution in [0.25, 0.3) is 5.69 Å². The predicted molar refractivity (Wildman–Crippen MR) is 109 cm³/mol. The summed E-state index contributed by atoms with van der Waals surface area (Å²) >= 11 is 0. The third kappa shape index (κ3) is 4.36. The first-order chi connectivity index (χ1) is 15.7. The molecule has 0 bridgehead atoms. The fourth-order valence-corrected chi connectivity index (χ4v) is 3.68. The molecule has 0 unspecified atom stereocenters. The topological polar surface area (TPSA) is 73.8 Å². The number of hydrogen-bond donors (Lipinski definition) is 1. The molecule has 5 nitrogen and oxygen atoms in total. The number of ketones is 1. The van der Waals surface area contributed by atoms with E-state index in [-0.39, 0.29) is 40.8 Å². The number of rotatable bonds is 6. The number of nitrogens with two attached hydrogens (primary N) is 1. The number of Topliss-reactive ketones (excluding diaryl/α,β-unsaturated/α-hetero) is 1. The van der Waals surface area contributed by atoms with Crippen molar-refractivity contribution in [1.82, 2.24) is 14.8 Å². The average Bonchev–Trinajstić information content (AvgIpc) is 3.27. The number of alkyl halides is 7. The highest BCUT2D eigenvalue weighted by atomic mass is 19.4. The Morgan fingerprint density at radius 2 is 1.68 bits per heavy atom. The normalized spacial score (nSPS) is 12.7. The first-order valence-electron chi connectivity index (χ1n) is 9.93. The van der Waals surface area contributed by atoms with Gasteiger partial charge in [0.25, 0.3) is 0 Å². The standard InChI is InChI=1S/C22H19F7N4O/c1-3-13-7-15(20(23,21(24,25)26)22(27,28)29)6-12(2)16(13)9-19(34)14-4-5-18(17(30)8-14)33-11-31-10-32-33/h4-8,10-11H,3,9,30H2,1-2H3. The second-order valence-electron chi connectivity index (χ2n) is 7.65. The van der Waals surface area contributed by atoms with Gasteiger partial charge in [0.05, 0.1) is 11.4 Å². The second kappa shape index (κ2) is 8.73. The summed E-state index contributed by atoms with van der Waals surface area (Å²) in [6.45, 7) is 2.72. The number of nitrogen functional groups attached to an aromatic ring is 1. The van der Waals surface area contributed by atoms with Crippen molar-refractivity contribution < 1.29 is 35.5 Å². The van der Waals surface area contributed by atoms with Crippen molar-refractivity contribution in [2.45, 2.75) is 44.7 Å². The Morgan fingerprint density at radius 1 is 1.03 bits per heavy atom. The first kappa shape index (κ1) is 25.2. The molecule has 1 aromatic heterocycles. The van der Waals surface area contributed by atoms with Crippen LogP contribution in [-0.4, -0.2) is 32.9 Å². The second-order valence-corrected chi connectivity index (χ2v) is 7.65. The van der Waals surface area contributed by atoms with Gasteiger partial charge in [0.15, 0.2) is 5.78 Å². The Kier molecular flexibility index (Phi) is 6.47. The maximum atomic E-state index is 14.5. The highest BCUT2D eigenvalue weighted by Crippen LogP contribution is 2.53. The smallest absolute Gasteiger partial charge is 0.397 e. The lowest BCUT2D eigenvalue weighted by atomic mass is 9.86. The maximum Gasteiger partial charge on any atom is 0.435 e. The van der Waals surface area contributed by atoms with E-state index in [2.05, 4.69) is 10.1 Å². The Balaban J connectivity index is 1.99. The third-order valence-corrected chi connectivity index (χ3v) is 5.48. The molecule has 0 radical (unpaired) electrons. The Morgan fingerprint density at radius 3 is 2.18 bits per heavy atom. The molecule has 182 valence electrons. The number of aryl methyl sites for hydroxylation is 2. The summed E-state index contributed by atoms with van der Waals surface area (Å²) in [7, 11) is 0. The molecule has 0 atom stereocenters. The van der Waals surface area contributed by atoms with E-state index >= 15 is 0 Å². The highest BCUT2D eigenvalue weighted by molar-refractivity contribution is 5.99. The summed E-state index contributed by atoms with van der Waals surface area (Å²) in [5, 5.41) is 3.94. The van der Waals surface area contributed by atoms with Crippen LogP contribution in [0, 0.1) is 6.92 Å². The van der Waals surface area contributed by atoms with Crippen LogP contribution >= 0.6 is 0 Å². The number of aromatic nitrogens is 3. The van der Waals surface area contributed by atoms with Gasteiger partial charge in [-0.15, -0.1) is 0 Å². The zero-order chi connectivity index (χ0) is 25.5. The highest BCUT2D eigenvalue weighted by Gasteiger charge is 2.73. The lowest BCUT2D eigenvalue weighted by Crippen LogP contribution is -2.50. The van der Waals surface area contributed by atoms with Gasteiger partial charge < -0.3 is 5.73 Å². The molecule has 1 heterocycles. The molecule has 2 N–H and O–H groups in total. The number of benzene rings is 2. The minimum absolute atomic E-state index is 0.00563. The van der Waals surface area contributed by atoms with Crippen molar-refractivity contribution >= 4 is 11.5 Å². The SMILES string of the molecule is CCc1cc(C(F)(C(F)(F)F)C(F)(F)F)cc(C)c1CC(=O)c1ccc(-n2cncn2)c(N)c1. The average molecular weight is 488 g/mol. The summed E-state index contributed by atoms with van der Waals surface area (Å²) in [4.78, 5) is 16.7. The minimum atomic E-state index is -6.22. The molecule has 3 aromatic rings. The van der Waals surface area contributed by atoms with Gasteiger partial charge in [-0.3, -0.25) is 4.79 Å². The van der Waals surface area contributed by atoms with Crippen molar-refractivity contribution in [3.05, 3.63) is 70.8 Å². The molecule has 2 aromatic carbocycles. The van der Waals surface area contributed by atoms with Crippen molar-refractivity contribution in [2.75, 3.05) is 5.73 Å². The Labute approximate surface area is 189 Å². The van der Waals surface area contributed by atoms with E-state index in [0.29, 0.717) is 17.8 Å². The van der Waals surface area contributed by atoms with Gasteiger partial charge in [0, 0.05) is 17.5 Å². The summed E-state index contributed by atoms with van der Waals surface area (Å²) in [5.74, 6) is -0.472. The van der Waals surface area contributed by atoms with Gasteiger partial charge in [0.2, 0.25) is 0 Å². The third-order valence-electron chi connectivity index (χ3n) is 5.48. The molecule has 34 heavy (non-hydrogen) atoms. The summed E-state index contributed by atoms with van der Waals surface area (Å²) in [6, 6.07) is 5.39. The molecular weight excluding hydrogens is 469 g/mol. The van der Waals surface area contributed by atoms with Gasteiger partial charge in [-0.05, 0) is 48.2 Å². The van der Waals surface area contributed by atoms with E-state index in [1.807, 2.05) is 0 Å². The number of anilines is 1. The van der Waals surface area contributed by atoms with Crippen molar-refractivity contribution in [3.8, 4) is 5.69 Å². The summed E-state index contributed by atoms with van der Waals surface area (Å²) in [6.07, 6.45) is -10.1. The largest absolute Gasteiger partial charge is 0.435 e. The van der Waals surface area contributed by atoms with Crippen molar-refractivity contribution in [2.24, 2.45) is 0 Å². The van der Waals surface area contributed by atoms with Gasteiger partial charge in [-0.25, -0.2) is 14.1 Å². The van der Waals surface area contributed by atoms with Crippen LogP contribution in [0.15, 0.2) is 43.0 Å². The molecule has 0 spiro atoms. The molecular formula is C22H19F7N4O. The van der Waals surface area contributed by atoms with Crippen LogP contribution in [0.2, 0.25) is 0 Å². The molecule has 0 saturated heterocycles. The lowest BCUT2D eigenvalue weighted by molar-refractivity contribution is -0.348. The van der Waals surface area contributed by atoms with E-state index in [4.69, 9.17) is 5.73 Å². The predicted octanol–water partition coefficient (Wildman–Crippen LogP) is 5.44. The summed E-state index contributed by atoms with van der Waals surface area (Å²) < 4.78 is 95.1. The van der Waals surface area contributed by atoms with Crippen LogP contribution in [0.3, 0.4) is 0 Å².